The van der Waals surface area contributed by atoms with E-state index in [4.69, 9.17) is 0 Å². The van der Waals surface area contributed by atoms with Gasteiger partial charge in [-0.05, 0) is 42.8 Å². The zero-order valence-corrected chi connectivity index (χ0v) is 15.7. The highest BCUT2D eigenvalue weighted by molar-refractivity contribution is 7.93. The van der Waals surface area contributed by atoms with Crippen molar-refractivity contribution in [2.45, 2.75) is 11.8 Å². The Labute approximate surface area is 152 Å². The Balaban J connectivity index is 1.99. The molecule has 0 unspecified atom stereocenters. The van der Waals surface area contributed by atoms with Crippen LogP contribution in [0.2, 0.25) is 0 Å². The molecule has 9 heteroatoms. The van der Waals surface area contributed by atoms with Gasteiger partial charge < -0.3 is 0 Å². The van der Waals surface area contributed by atoms with Crippen molar-refractivity contribution in [2.75, 3.05) is 15.7 Å². The van der Waals surface area contributed by atoms with Crippen LogP contribution in [-0.2, 0) is 20.0 Å². The summed E-state index contributed by atoms with van der Waals surface area (Å²) in [5, 5.41) is 0.723. The lowest BCUT2D eigenvalue weighted by atomic mass is 10.2. The molecule has 0 fully saturated rings. The van der Waals surface area contributed by atoms with Crippen molar-refractivity contribution in [3.63, 3.8) is 0 Å². The van der Waals surface area contributed by atoms with Gasteiger partial charge in [0.1, 0.15) is 4.90 Å². The third-order valence-electron chi connectivity index (χ3n) is 3.52. The average Bonchev–Trinajstić information content (AvgIpc) is 2.52. The summed E-state index contributed by atoms with van der Waals surface area (Å²) in [5.74, 6) is 0. The van der Waals surface area contributed by atoms with E-state index in [-0.39, 0.29) is 16.3 Å². The van der Waals surface area contributed by atoms with Crippen LogP contribution in [0.4, 0.5) is 11.4 Å². The lowest BCUT2D eigenvalue weighted by Gasteiger charge is -2.11. The molecule has 0 radical (unpaired) electrons. The van der Waals surface area contributed by atoms with E-state index in [0.29, 0.717) is 5.52 Å². The molecule has 0 saturated heterocycles. The molecule has 0 spiro atoms. The summed E-state index contributed by atoms with van der Waals surface area (Å²) < 4.78 is 53.1. The minimum atomic E-state index is -3.90. The molecule has 26 heavy (non-hydrogen) atoms. The summed E-state index contributed by atoms with van der Waals surface area (Å²) in [7, 11) is -7.36. The van der Waals surface area contributed by atoms with Crippen LogP contribution in [0.1, 0.15) is 5.56 Å². The Morgan fingerprint density at radius 1 is 0.885 bits per heavy atom. The lowest BCUT2D eigenvalue weighted by molar-refractivity contribution is 0.601. The van der Waals surface area contributed by atoms with Gasteiger partial charge in [0.25, 0.3) is 10.0 Å². The SMILES string of the molecule is Cc1cnc2c(S(=O)(=O)Nc3cccc(NS(C)(=O)=O)c3)cccc2c1. The van der Waals surface area contributed by atoms with Crippen molar-refractivity contribution >= 4 is 42.3 Å². The predicted octanol–water partition coefficient (Wildman–Crippen LogP) is 2.72. The minimum Gasteiger partial charge on any atom is -0.284 e. The van der Waals surface area contributed by atoms with Gasteiger partial charge in [-0.25, -0.2) is 16.8 Å². The van der Waals surface area contributed by atoms with Crippen molar-refractivity contribution in [1.82, 2.24) is 4.98 Å². The molecule has 3 rings (SSSR count). The highest BCUT2D eigenvalue weighted by Crippen LogP contribution is 2.25. The van der Waals surface area contributed by atoms with Gasteiger partial charge in [0.2, 0.25) is 10.0 Å². The van der Waals surface area contributed by atoms with Crippen LogP contribution < -0.4 is 9.44 Å². The second kappa shape index (κ2) is 6.58. The van der Waals surface area contributed by atoms with E-state index in [9.17, 15) is 16.8 Å². The number of fused-ring (bicyclic) bond motifs is 1. The van der Waals surface area contributed by atoms with E-state index in [2.05, 4.69) is 14.4 Å². The Hall–Kier alpha value is -2.65. The molecule has 0 atom stereocenters. The van der Waals surface area contributed by atoms with Gasteiger partial charge in [-0.2, -0.15) is 0 Å². The van der Waals surface area contributed by atoms with Gasteiger partial charge in [-0.3, -0.25) is 14.4 Å². The number of hydrogen-bond donors (Lipinski definition) is 2. The van der Waals surface area contributed by atoms with Crippen LogP contribution in [0.3, 0.4) is 0 Å². The number of aromatic nitrogens is 1. The smallest absolute Gasteiger partial charge is 0.264 e. The molecule has 0 aliphatic rings. The molecule has 1 aromatic heterocycles. The van der Waals surface area contributed by atoms with Crippen molar-refractivity contribution < 1.29 is 16.8 Å². The maximum atomic E-state index is 12.8. The molecule has 0 aliphatic carbocycles. The number of hydrogen-bond acceptors (Lipinski definition) is 5. The third-order valence-corrected chi connectivity index (χ3v) is 5.54. The average molecular weight is 391 g/mol. The third kappa shape index (κ3) is 4.12. The summed E-state index contributed by atoms with van der Waals surface area (Å²) in [6.45, 7) is 1.88. The van der Waals surface area contributed by atoms with E-state index in [1.54, 1.807) is 24.4 Å². The molecule has 1 heterocycles. The highest BCUT2D eigenvalue weighted by atomic mass is 32.2. The lowest BCUT2D eigenvalue weighted by Crippen LogP contribution is -2.14. The van der Waals surface area contributed by atoms with Crippen LogP contribution in [0.25, 0.3) is 10.9 Å². The van der Waals surface area contributed by atoms with E-state index < -0.39 is 20.0 Å². The van der Waals surface area contributed by atoms with Gasteiger partial charge in [0.05, 0.1) is 23.1 Å². The Bertz CT molecular complexity index is 1190. The number of pyridine rings is 1. The zero-order chi connectivity index (χ0) is 18.9. The van der Waals surface area contributed by atoms with Gasteiger partial charge in [0.15, 0.2) is 0 Å². The van der Waals surface area contributed by atoms with Crippen LogP contribution in [0.5, 0.6) is 0 Å². The van der Waals surface area contributed by atoms with Crippen molar-refractivity contribution in [3.8, 4) is 0 Å². The Morgan fingerprint density at radius 2 is 1.54 bits per heavy atom. The van der Waals surface area contributed by atoms with Crippen molar-refractivity contribution in [3.05, 3.63) is 60.3 Å². The molecular weight excluding hydrogens is 374 g/mol. The quantitative estimate of drug-likeness (QED) is 0.696. The van der Waals surface area contributed by atoms with Crippen LogP contribution in [-0.4, -0.2) is 28.1 Å². The number of nitrogens with zero attached hydrogens (tertiary/aromatic N) is 1. The van der Waals surface area contributed by atoms with Gasteiger partial charge in [0, 0.05) is 11.6 Å². The monoisotopic (exact) mass is 391 g/mol. The number of rotatable bonds is 5. The van der Waals surface area contributed by atoms with Crippen molar-refractivity contribution in [2.24, 2.45) is 0 Å². The first-order valence-electron chi connectivity index (χ1n) is 7.60. The summed E-state index contributed by atoms with van der Waals surface area (Å²) in [5.41, 5.74) is 1.80. The first-order chi connectivity index (χ1) is 12.1. The van der Waals surface area contributed by atoms with E-state index >= 15 is 0 Å². The summed E-state index contributed by atoms with van der Waals surface area (Å²) >= 11 is 0. The number of anilines is 2. The van der Waals surface area contributed by atoms with Crippen molar-refractivity contribution in [1.29, 1.82) is 0 Å². The van der Waals surface area contributed by atoms with Gasteiger partial charge >= 0.3 is 0 Å². The summed E-state index contributed by atoms with van der Waals surface area (Å²) in [6, 6.07) is 12.8. The molecule has 136 valence electrons. The molecule has 0 saturated carbocycles. The fraction of sp³-hybridized carbons (Fsp3) is 0.118. The summed E-state index contributed by atoms with van der Waals surface area (Å²) in [6.07, 6.45) is 2.63. The largest absolute Gasteiger partial charge is 0.284 e. The minimum absolute atomic E-state index is 0.0523. The van der Waals surface area contributed by atoms with Crippen LogP contribution >= 0.6 is 0 Å². The fourth-order valence-corrected chi connectivity index (χ4v) is 4.32. The van der Waals surface area contributed by atoms with E-state index in [1.807, 2.05) is 13.0 Å². The number of para-hydroxylation sites is 1. The standard InChI is InChI=1S/C17H17N3O4S2/c1-12-9-13-5-3-8-16(17(13)18-11-12)26(23,24)20-15-7-4-6-14(10-15)19-25(2,21)22/h3-11,19-20H,1-2H3. The second-order valence-electron chi connectivity index (χ2n) is 5.90. The topological polar surface area (TPSA) is 105 Å². The Morgan fingerprint density at radius 3 is 2.23 bits per heavy atom. The number of aryl methyl sites for hydroxylation is 1. The maximum Gasteiger partial charge on any atom is 0.264 e. The van der Waals surface area contributed by atoms with E-state index in [1.165, 1.54) is 24.3 Å². The van der Waals surface area contributed by atoms with Crippen LogP contribution in [0.15, 0.2) is 59.6 Å². The zero-order valence-electron chi connectivity index (χ0n) is 14.1. The molecule has 3 aromatic rings. The first kappa shape index (κ1) is 18.2. The normalized spacial score (nSPS) is 12.1. The Kier molecular flexibility index (Phi) is 4.59. The molecular formula is C17H17N3O4S2. The number of benzene rings is 2. The van der Waals surface area contributed by atoms with Crippen LogP contribution in [0, 0.1) is 6.92 Å². The number of nitrogens with one attached hydrogen (secondary N) is 2. The van der Waals surface area contributed by atoms with Gasteiger partial charge in [-0.1, -0.05) is 18.2 Å². The molecule has 0 bridgehead atoms. The molecule has 2 aromatic carbocycles. The maximum absolute atomic E-state index is 12.8. The highest BCUT2D eigenvalue weighted by Gasteiger charge is 2.18. The van der Waals surface area contributed by atoms with E-state index in [0.717, 1.165) is 17.2 Å². The molecule has 2 N–H and O–H groups in total. The van der Waals surface area contributed by atoms with Gasteiger partial charge in [-0.15, -0.1) is 0 Å². The molecule has 0 amide bonds. The first-order valence-corrected chi connectivity index (χ1v) is 11.0. The summed E-state index contributed by atoms with van der Waals surface area (Å²) in [4.78, 5) is 4.30. The number of sulfonamides is 2. The molecule has 7 nitrogen and oxygen atoms in total. The molecule has 0 aliphatic heterocycles. The fourth-order valence-electron chi connectivity index (χ4n) is 2.53. The predicted molar refractivity (Wildman–Crippen MR) is 102 cm³/mol. The second-order valence-corrected chi connectivity index (χ2v) is 9.30.